The van der Waals surface area contributed by atoms with Crippen molar-refractivity contribution < 1.29 is 4.74 Å². The first-order chi connectivity index (χ1) is 11.0. The lowest BCUT2D eigenvalue weighted by Gasteiger charge is -2.27. The SMILES string of the molecule is CC.CCCC(C)(C)c1ccc(OCC23CCC(CC2)C3)cc1. The van der Waals surface area contributed by atoms with Crippen LogP contribution < -0.4 is 4.74 Å². The van der Waals surface area contributed by atoms with Gasteiger partial charge in [-0.3, -0.25) is 0 Å². The van der Waals surface area contributed by atoms with Gasteiger partial charge in [-0.05, 0) is 67.6 Å². The molecule has 2 aliphatic rings. The van der Waals surface area contributed by atoms with Crippen LogP contribution in [0.4, 0.5) is 0 Å². The molecule has 23 heavy (non-hydrogen) atoms. The van der Waals surface area contributed by atoms with Crippen LogP contribution in [-0.4, -0.2) is 6.61 Å². The highest BCUT2D eigenvalue weighted by Gasteiger charge is 2.45. The van der Waals surface area contributed by atoms with E-state index < -0.39 is 0 Å². The van der Waals surface area contributed by atoms with Gasteiger partial charge in [0.15, 0.2) is 0 Å². The van der Waals surface area contributed by atoms with Crippen LogP contribution in [0.5, 0.6) is 5.75 Å². The molecule has 0 N–H and O–H groups in total. The Morgan fingerprint density at radius 1 is 1.09 bits per heavy atom. The van der Waals surface area contributed by atoms with Gasteiger partial charge < -0.3 is 4.74 Å². The minimum atomic E-state index is 0.274. The molecular weight excluding hydrogens is 280 g/mol. The molecule has 0 amide bonds. The van der Waals surface area contributed by atoms with Gasteiger partial charge in [-0.25, -0.2) is 0 Å². The van der Waals surface area contributed by atoms with E-state index in [0.717, 1.165) is 18.3 Å². The molecule has 0 spiro atoms. The van der Waals surface area contributed by atoms with Crippen LogP contribution in [-0.2, 0) is 5.41 Å². The summed E-state index contributed by atoms with van der Waals surface area (Å²) in [6, 6.07) is 8.86. The molecule has 3 rings (SSSR count). The number of hydrogen-bond donors (Lipinski definition) is 0. The quantitative estimate of drug-likeness (QED) is 0.564. The first-order valence-electron chi connectivity index (χ1n) is 9.76. The lowest BCUT2D eigenvalue weighted by Crippen LogP contribution is -2.23. The predicted molar refractivity (Wildman–Crippen MR) is 100 cm³/mol. The molecule has 2 aliphatic carbocycles. The highest BCUT2D eigenvalue weighted by atomic mass is 16.5. The van der Waals surface area contributed by atoms with Crippen LogP contribution in [0.25, 0.3) is 0 Å². The smallest absolute Gasteiger partial charge is 0.119 e. The molecule has 1 nitrogen and oxygen atoms in total. The summed E-state index contributed by atoms with van der Waals surface area (Å²) in [4.78, 5) is 0. The third kappa shape index (κ3) is 4.31. The van der Waals surface area contributed by atoms with E-state index in [4.69, 9.17) is 4.74 Å². The Hall–Kier alpha value is -0.980. The molecule has 0 saturated heterocycles. The zero-order chi connectivity index (χ0) is 16.9. The van der Waals surface area contributed by atoms with Gasteiger partial charge >= 0.3 is 0 Å². The molecule has 130 valence electrons. The average Bonchev–Trinajstić information content (AvgIpc) is 3.16. The number of hydrogen-bond acceptors (Lipinski definition) is 1. The van der Waals surface area contributed by atoms with Crippen molar-refractivity contribution >= 4 is 0 Å². The Labute approximate surface area is 143 Å². The molecule has 2 saturated carbocycles. The van der Waals surface area contributed by atoms with Crippen LogP contribution in [0.3, 0.4) is 0 Å². The Bertz CT molecular complexity index is 463. The van der Waals surface area contributed by atoms with Crippen molar-refractivity contribution in [3.05, 3.63) is 29.8 Å². The molecule has 2 fully saturated rings. The molecule has 0 unspecified atom stereocenters. The zero-order valence-electron chi connectivity index (χ0n) is 16.0. The fourth-order valence-corrected chi connectivity index (χ4v) is 4.52. The van der Waals surface area contributed by atoms with Gasteiger partial charge in [-0.15, -0.1) is 0 Å². The summed E-state index contributed by atoms with van der Waals surface area (Å²) < 4.78 is 6.14. The minimum absolute atomic E-state index is 0.274. The summed E-state index contributed by atoms with van der Waals surface area (Å²) in [6.07, 6.45) is 9.53. The van der Waals surface area contributed by atoms with Gasteiger partial charge in [0.2, 0.25) is 0 Å². The summed E-state index contributed by atoms with van der Waals surface area (Å²) in [5, 5.41) is 0. The van der Waals surface area contributed by atoms with E-state index in [1.165, 1.54) is 50.5 Å². The van der Waals surface area contributed by atoms with Crippen LogP contribution >= 0.6 is 0 Å². The normalized spacial score (nSPS) is 25.9. The Kier molecular flexibility index (Phi) is 6.17. The highest BCUT2D eigenvalue weighted by molar-refractivity contribution is 5.31. The van der Waals surface area contributed by atoms with E-state index in [-0.39, 0.29) is 5.41 Å². The number of rotatable bonds is 6. The van der Waals surface area contributed by atoms with E-state index in [1.54, 1.807) is 0 Å². The van der Waals surface area contributed by atoms with E-state index >= 15 is 0 Å². The van der Waals surface area contributed by atoms with Crippen molar-refractivity contribution in [1.29, 1.82) is 0 Å². The van der Waals surface area contributed by atoms with Crippen molar-refractivity contribution in [2.45, 2.75) is 85.0 Å². The highest BCUT2D eigenvalue weighted by Crippen LogP contribution is 2.54. The third-order valence-electron chi connectivity index (χ3n) is 5.94. The van der Waals surface area contributed by atoms with Gasteiger partial charge in [0, 0.05) is 5.41 Å². The summed E-state index contributed by atoms with van der Waals surface area (Å²) in [5.41, 5.74) is 2.22. The van der Waals surface area contributed by atoms with Gasteiger partial charge in [-0.1, -0.05) is 53.2 Å². The monoisotopic (exact) mass is 316 g/mol. The molecule has 1 heteroatoms. The molecule has 0 atom stereocenters. The fourth-order valence-electron chi connectivity index (χ4n) is 4.52. The van der Waals surface area contributed by atoms with Crippen LogP contribution in [0, 0.1) is 11.3 Å². The molecule has 0 aliphatic heterocycles. The largest absolute Gasteiger partial charge is 0.493 e. The van der Waals surface area contributed by atoms with Crippen LogP contribution in [0.15, 0.2) is 24.3 Å². The molecule has 1 aromatic carbocycles. The molecule has 0 aromatic heterocycles. The Balaban J connectivity index is 0.000000924. The van der Waals surface area contributed by atoms with E-state index in [2.05, 4.69) is 45.0 Å². The van der Waals surface area contributed by atoms with E-state index in [0.29, 0.717) is 5.41 Å². The zero-order valence-corrected chi connectivity index (χ0v) is 16.0. The van der Waals surface area contributed by atoms with Crippen LogP contribution in [0.1, 0.15) is 85.1 Å². The second-order valence-electron chi connectivity index (χ2n) is 8.09. The fraction of sp³-hybridized carbons (Fsp3) is 0.727. The van der Waals surface area contributed by atoms with Gasteiger partial charge in [0.1, 0.15) is 5.75 Å². The molecular formula is C22H36O. The number of benzene rings is 1. The molecule has 1 aromatic rings. The van der Waals surface area contributed by atoms with E-state index in [1.807, 2.05) is 13.8 Å². The second kappa shape index (κ2) is 7.73. The number of ether oxygens (including phenoxy) is 1. The van der Waals surface area contributed by atoms with Crippen molar-refractivity contribution in [2.75, 3.05) is 6.61 Å². The standard InChI is InChI=1S/C20H30O.C2H6/c1-4-11-19(2,3)17-5-7-18(8-6-17)21-15-20-12-9-16(14-20)10-13-20;1-2/h5-8,16H,4,9-15H2,1-3H3;1-2H3. The summed E-state index contributed by atoms with van der Waals surface area (Å²) in [5.74, 6) is 2.06. The first-order valence-corrected chi connectivity index (χ1v) is 9.76. The molecule has 0 heterocycles. The van der Waals surface area contributed by atoms with E-state index in [9.17, 15) is 0 Å². The topological polar surface area (TPSA) is 9.23 Å². The summed E-state index contributed by atoms with van der Waals surface area (Å²) in [6.45, 7) is 11.9. The van der Waals surface area contributed by atoms with Crippen molar-refractivity contribution in [2.24, 2.45) is 11.3 Å². The second-order valence-corrected chi connectivity index (χ2v) is 8.09. The number of fused-ring (bicyclic) bond motifs is 2. The van der Waals surface area contributed by atoms with Crippen molar-refractivity contribution in [1.82, 2.24) is 0 Å². The third-order valence-corrected chi connectivity index (χ3v) is 5.94. The first kappa shape index (κ1) is 18.4. The molecule has 0 radical (unpaired) electrons. The van der Waals surface area contributed by atoms with Crippen molar-refractivity contribution in [3.8, 4) is 5.75 Å². The summed E-state index contributed by atoms with van der Waals surface area (Å²) >= 11 is 0. The summed E-state index contributed by atoms with van der Waals surface area (Å²) in [7, 11) is 0. The Morgan fingerprint density at radius 3 is 2.17 bits per heavy atom. The lowest BCUT2D eigenvalue weighted by molar-refractivity contribution is 0.152. The van der Waals surface area contributed by atoms with Gasteiger partial charge in [0.05, 0.1) is 6.61 Å². The van der Waals surface area contributed by atoms with Gasteiger partial charge in [0.25, 0.3) is 0 Å². The van der Waals surface area contributed by atoms with Crippen LogP contribution in [0.2, 0.25) is 0 Å². The van der Waals surface area contributed by atoms with Crippen molar-refractivity contribution in [3.63, 3.8) is 0 Å². The van der Waals surface area contributed by atoms with Gasteiger partial charge in [-0.2, -0.15) is 0 Å². The maximum absolute atomic E-state index is 6.14. The lowest BCUT2D eigenvalue weighted by atomic mass is 9.81. The predicted octanol–water partition coefficient (Wildman–Crippen LogP) is 6.75. The Morgan fingerprint density at radius 2 is 1.70 bits per heavy atom. The maximum Gasteiger partial charge on any atom is 0.119 e. The molecule has 2 bridgehead atoms. The maximum atomic E-state index is 6.14. The average molecular weight is 317 g/mol. The minimum Gasteiger partial charge on any atom is -0.493 e.